The summed E-state index contributed by atoms with van der Waals surface area (Å²) in [5.41, 5.74) is -0.196. The number of nitrogens with one attached hydrogen (secondary N) is 1. The van der Waals surface area contributed by atoms with Gasteiger partial charge in [-0.15, -0.1) is 11.6 Å². The number of nitrogens with zero attached hydrogens (tertiary/aromatic N) is 3. The maximum Gasteiger partial charge on any atom is 0.329 e. The molecule has 7 nitrogen and oxygen atoms in total. The fraction of sp³-hybridized carbons (Fsp3) is 0.643. The number of aliphatic hydroxyl groups is 1. The SMILES string of the molecule is CC(C)CCn1c(SC[C@H](O)CCl)nc2c1c(=O)[nH]c(=O)n2C. The van der Waals surface area contributed by atoms with Crippen LogP contribution in [0.2, 0.25) is 0 Å². The van der Waals surface area contributed by atoms with Gasteiger partial charge in [-0.3, -0.25) is 14.3 Å². The van der Waals surface area contributed by atoms with Crippen molar-refractivity contribution in [2.24, 2.45) is 13.0 Å². The molecule has 2 rings (SSSR count). The first-order valence-electron chi connectivity index (χ1n) is 7.41. The molecule has 0 fully saturated rings. The number of thioether (sulfide) groups is 1. The van der Waals surface area contributed by atoms with Crippen molar-refractivity contribution in [1.29, 1.82) is 0 Å². The van der Waals surface area contributed by atoms with Gasteiger partial charge in [0.2, 0.25) is 0 Å². The van der Waals surface area contributed by atoms with E-state index in [0.29, 0.717) is 34.5 Å². The van der Waals surface area contributed by atoms with Crippen molar-refractivity contribution < 1.29 is 5.11 Å². The fourth-order valence-electron chi connectivity index (χ4n) is 2.13. The molecule has 0 saturated carbocycles. The van der Waals surface area contributed by atoms with Crippen molar-refractivity contribution in [3.05, 3.63) is 20.8 Å². The predicted octanol–water partition coefficient (Wildman–Crippen LogP) is 1.16. The summed E-state index contributed by atoms with van der Waals surface area (Å²) in [4.78, 5) is 30.7. The molecule has 0 saturated heterocycles. The number of aliphatic hydroxyl groups excluding tert-OH is 1. The normalized spacial score (nSPS) is 13.1. The third-order valence-corrected chi connectivity index (χ3v) is 4.96. The smallest absolute Gasteiger partial charge is 0.329 e. The molecule has 0 aromatic carbocycles. The van der Waals surface area contributed by atoms with E-state index in [1.807, 2.05) is 4.57 Å². The maximum atomic E-state index is 12.2. The van der Waals surface area contributed by atoms with Gasteiger partial charge in [0, 0.05) is 25.2 Å². The highest BCUT2D eigenvalue weighted by Gasteiger charge is 2.18. The second kappa shape index (κ2) is 7.55. The second-order valence-electron chi connectivity index (χ2n) is 5.84. The van der Waals surface area contributed by atoms with Crippen LogP contribution in [-0.4, -0.2) is 41.9 Å². The van der Waals surface area contributed by atoms with Crippen molar-refractivity contribution in [3.8, 4) is 0 Å². The van der Waals surface area contributed by atoms with E-state index in [2.05, 4.69) is 23.8 Å². The fourth-order valence-corrected chi connectivity index (χ4v) is 3.32. The summed E-state index contributed by atoms with van der Waals surface area (Å²) in [5.74, 6) is 0.976. The number of aromatic amines is 1. The van der Waals surface area contributed by atoms with Gasteiger partial charge in [-0.2, -0.15) is 0 Å². The average Bonchev–Trinajstić information content (AvgIpc) is 2.87. The highest BCUT2D eigenvalue weighted by Crippen LogP contribution is 2.23. The Morgan fingerprint density at radius 1 is 1.39 bits per heavy atom. The van der Waals surface area contributed by atoms with Crippen molar-refractivity contribution in [3.63, 3.8) is 0 Å². The first-order chi connectivity index (χ1) is 10.8. The van der Waals surface area contributed by atoms with E-state index in [4.69, 9.17) is 11.6 Å². The minimum absolute atomic E-state index is 0.137. The van der Waals surface area contributed by atoms with E-state index in [0.717, 1.165) is 6.42 Å². The summed E-state index contributed by atoms with van der Waals surface area (Å²) in [6.45, 7) is 4.82. The third-order valence-electron chi connectivity index (χ3n) is 3.49. The number of fused-ring (bicyclic) bond motifs is 1. The van der Waals surface area contributed by atoms with E-state index in [1.165, 1.54) is 16.3 Å². The monoisotopic (exact) mass is 360 g/mol. The van der Waals surface area contributed by atoms with Gasteiger partial charge < -0.3 is 9.67 Å². The van der Waals surface area contributed by atoms with Gasteiger partial charge in [-0.05, 0) is 12.3 Å². The number of imidazole rings is 1. The molecule has 2 heterocycles. The Hall–Kier alpha value is -1.25. The van der Waals surface area contributed by atoms with Gasteiger partial charge in [0.1, 0.15) is 0 Å². The van der Waals surface area contributed by atoms with E-state index < -0.39 is 17.4 Å². The molecule has 0 amide bonds. The molecule has 0 aliphatic rings. The number of aryl methyl sites for hydroxylation is 2. The Morgan fingerprint density at radius 2 is 2.09 bits per heavy atom. The molecule has 1 atom stereocenters. The second-order valence-corrected chi connectivity index (χ2v) is 7.13. The quantitative estimate of drug-likeness (QED) is 0.571. The minimum atomic E-state index is -0.651. The number of aromatic nitrogens is 4. The summed E-state index contributed by atoms with van der Waals surface area (Å²) in [5, 5.41) is 10.3. The number of H-pyrrole nitrogens is 1. The zero-order valence-electron chi connectivity index (χ0n) is 13.4. The van der Waals surface area contributed by atoms with Gasteiger partial charge in [0.15, 0.2) is 16.3 Å². The van der Waals surface area contributed by atoms with Crippen LogP contribution in [0.15, 0.2) is 14.7 Å². The van der Waals surface area contributed by atoms with Gasteiger partial charge in [0.05, 0.1) is 6.10 Å². The molecule has 0 spiro atoms. The Balaban J connectivity index is 2.53. The van der Waals surface area contributed by atoms with Crippen LogP contribution in [0.25, 0.3) is 11.2 Å². The Labute approximate surface area is 142 Å². The van der Waals surface area contributed by atoms with Crippen LogP contribution in [0.5, 0.6) is 0 Å². The Bertz CT molecular complexity index is 796. The third kappa shape index (κ3) is 3.99. The first kappa shape index (κ1) is 18.1. The van der Waals surface area contributed by atoms with E-state index in [9.17, 15) is 14.7 Å². The number of hydrogen-bond donors (Lipinski definition) is 2. The summed E-state index contributed by atoms with van der Waals surface area (Å²) in [6.07, 6.45) is 0.224. The van der Waals surface area contributed by atoms with Gasteiger partial charge in [0.25, 0.3) is 5.56 Å². The lowest BCUT2D eigenvalue weighted by Gasteiger charge is -2.11. The van der Waals surface area contributed by atoms with Gasteiger partial charge >= 0.3 is 5.69 Å². The number of alkyl halides is 1. The van der Waals surface area contributed by atoms with E-state index in [-0.39, 0.29) is 5.88 Å². The zero-order chi connectivity index (χ0) is 17.1. The lowest BCUT2D eigenvalue weighted by atomic mass is 10.1. The van der Waals surface area contributed by atoms with Crippen LogP contribution in [0, 0.1) is 5.92 Å². The lowest BCUT2D eigenvalue weighted by Crippen LogP contribution is -2.29. The van der Waals surface area contributed by atoms with Crippen LogP contribution < -0.4 is 11.2 Å². The molecule has 2 aromatic rings. The highest BCUT2D eigenvalue weighted by atomic mass is 35.5. The maximum absolute atomic E-state index is 12.2. The van der Waals surface area contributed by atoms with Gasteiger partial charge in [-0.1, -0.05) is 25.6 Å². The largest absolute Gasteiger partial charge is 0.391 e. The van der Waals surface area contributed by atoms with Crippen molar-refractivity contribution in [1.82, 2.24) is 19.1 Å². The van der Waals surface area contributed by atoms with E-state index >= 15 is 0 Å². The molecule has 23 heavy (non-hydrogen) atoms. The van der Waals surface area contributed by atoms with E-state index in [1.54, 1.807) is 7.05 Å². The molecule has 9 heteroatoms. The number of rotatable bonds is 7. The highest BCUT2D eigenvalue weighted by molar-refractivity contribution is 7.99. The molecular weight excluding hydrogens is 340 g/mol. The topological polar surface area (TPSA) is 92.9 Å². The predicted molar refractivity (Wildman–Crippen MR) is 92.5 cm³/mol. The number of hydrogen-bond acceptors (Lipinski definition) is 5. The van der Waals surface area contributed by atoms with Crippen molar-refractivity contribution in [2.75, 3.05) is 11.6 Å². The van der Waals surface area contributed by atoms with Crippen LogP contribution in [0.3, 0.4) is 0 Å². The van der Waals surface area contributed by atoms with Crippen LogP contribution in [0.4, 0.5) is 0 Å². The molecule has 0 radical (unpaired) electrons. The molecule has 0 aliphatic carbocycles. The first-order valence-corrected chi connectivity index (χ1v) is 8.93. The van der Waals surface area contributed by atoms with Crippen LogP contribution in [0.1, 0.15) is 20.3 Å². The van der Waals surface area contributed by atoms with Crippen molar-refractivity contribution in [2.45, 2.75) is 38.1 Å². The molecule has 2 aromatic heterocycles. The van der Waals surface area contributed by atoms with Crippen LogP contribution >= 0.6 is 23.4 Å². The zero-order valence-corrected chi connectivity index (χ0v) is 14.9. The molecule has 0 bridgehead atoms. The van der Waals surface area contributed by atoms with Gasteiger partial charge in [-0.25, -0.2) is 9.78 Å². The Kier molecular flexibility index (Phi) is 5.94. The molecule has 0 unspecified atom stereocenters. The number of halogens is 1. The Morgan fingerprint density at radius 3 is 2.70 bits per heavy atom. The van der Waals surface area contributed by atoms with Crippen LogP contribution in [-0.2, 0) is 13.6 Å². The standard InChI is InChI=1S/C14H21ClN4O3S/c1-8(2)4-5-19-10-11(18(3)13(22)17-12(10)21)16-14(19)23-7-9(20)6-15/h8-9,20H,4-7H2,1-3H3,(H,17,21,22)/t9-/m1/s1. The molecule has 2 N–H and O–H groups in total. The van der Waals surface area contributed by atoms with Crippen molar-refractivity contribution >= 4 is 34.5 Å². The molecule has 0 aliphatic heterocycles. The summed E-state index contributed by atoms with van der Waals surface area (Å²) in [6, 6.07) is 0. The average molecular weight is 361 g/mol. The minimum Gasteiger partial charge on any atom is -0.391 e. The summed E-state index contributed by atoms with van der Waals surface area (Å²) < 4.78 is 3.14. The molecule has 128 valence electrons. The summed E-state index contributed by atoms with van der Waals surface area (Å²) >= 11 is 6.95. The molecular formula is C14H21ClN4O3S. The lowest BCUT2D eigenvalue weighted by molar-refractivity contribution is 0.223. The summed E-state index contributed by atoms with van der Waals surface area (Å²) in [7, 11) is 1.57.